The van der Waals surface area contributed by atoms with Crippen molar-refractivity contribution in [3.8, 4) is 5.75 Å². The zero-order valence-corrected chi connectivity index (χ0v) is 26.0. The number of ether oxygens (including phenoxy) is 2. The summed E-state index contributed by atoms with van der Waals surface area (Å²) in [6.07, 6.45) is 1.91. The van der Waals surface area contributed by atoms with Crippen LogP contribution in [0.4, 0.5) is 10.5 Å². The number of aliphatic hydroxyl groups excluding tert-OH is 1. The molecule has 1 aromatic carbocycles. The first-order chi connectivity index (χ1) is 21.5. The second-order valence-corrected chi connectivity index (χ2v) is 12.2. The molecule has 2 N–H and O–H groups in total. The molecule has 2 atom stereocenters. The van der Waals surface area contributed by atoms with Crippen LogP contribution >= 0.6 is 0 Å². The summed E-state index contributed by atoms with van der Waals surface area (Å²) < 4.78 is 15.1. The molecule has 1 fully saturated rings. The summed E-state index contributed by atoms with van der Waals surface area (Å²) in [6, 6.07) is 15.1. The number of fused-ring (bicyclic) bond motifs is 2. The molecule has 0 radical (unpaired) electrons. The number of hydrogen-bond acceptors (Lipinski definition) is 8. The number of anilines is 1. The van der Waals surface area contributed by atoms with E-state index in [1.165, 1.54) is 11.1 Å². The zero-order chi connectivity index (χ0) is 31.9. The standard InChI is InChI=1S/C33H37N7O5/c1-6-23-30-24(11-8-12-25(30)40(37-23)17-21-10-7-9-20(2)35-21)36-31(42)26-16-34-29-15-22(13-14-39(26)29)44-28-19-38(18-27(28)41)32(43)45-33(3,4)5/h7-16,27-28,41H,6,17-19H2,1-5H3,(H,36,42)/t27-,28-/m0/s1. The number of aromatic nitrogens is 5. The third-order valence-electron chi connectivity index (χ3n) is 7.58. The van der Waals surface area contributed by atoms with Gasteiger partial charge in [-0.05, 0) is 64.4 Å². The SMILES string of the molecule is CCc1nn(Cc2cccc(C)n2)c2cccc(NC(=O)c3cnc4cc(O[C@H]5CN(C(=O)OC(C)(C)C)C[C@@H]5O)ccn34)c12. The van der Waals surface area contributed by atoms with Crippen LogP contribution in [0.1, 0.15) is 55.3 Å². The minimum absolute atomic E-state index is 0.115. The molecular formula is C33H37N7O5. The van der Waals surface area contributed by atoms with Gasteiger partial charge in [-0.15, -0.1) is 0 Å². The molecule has 0 unspecified atom stereocenters. The minimum Gasteiger partial charge on any atom is -0.486 e. The Kier molecular flexibility index (Phi) is 7.92. The molecule has 1 aliphatic rings. The molecule has 234 valence electrons. The van der Waals surface area contributed by atoms with E-state index >= 15 is 0 Å². The lowest BCUT2D eigenvalue weighted by molar-refractivity contribution is 0.0268. The quantitative estimate of drug-likeness (QED) is 0.272. The monoisotopic (exact) mass is 611 g/mol. The second kappa shape index (κ2) is 11.8. The number of benzene rings is 1. The van der Waals surface area contributed by atoms with Gasteiger partial charge in [-0.2, -0.15) is 5.10 Å². The van der Waals surface area contributed by atoms with Crippen LogP contribution in [-0.4, -0.2) is 77.1 Å². The Labute approximate surface area is 260 Å². The normalized spacial score (nSPS) is 16.8. The van der Waals surface area contributed by atoms with Gasteiger partial charge in [0.05, 0.1) is 48.4 Å². The number of rotatable bonds is 7. The highest BCUT2D eigenvalue weighted by Crippen LogP contribution is 2.29. The van der Waals surface area contributed by atoms with Gasteiger partial charge in [0.15, 0.2) is 0 Å². The molecule has 6 rings (SSSR count). The third kappa shape index (κ3) is 6.32. The van der Waals surface area contributed by atoms with Gasteiger partial charge in [-0.25, -0.2) is 9.78 Å². The fourth-order valence-corrected chi connectivity index (χ4v) is 5.53. The number of pyridine rings is 2. The van der Waals surface area contributed by atoms with Crippen molar-refractivity contribution in [2.24, 2.45) is 0 Å². The molecule has 0 aliphatic carbocycles. The first kappa shape index (κ1) is 30.1. The largest absolute Gasteiger partial charge is 0.486 e. The number of aliphatic hydroxyl groups is 1. The zero-order valence-electron chi connectivity index (χ0n) is 26.0. The number of carbonyl (C=O) groups is 2. The van der Waals surface area contributed by atoms with Gasteiger partial charge in [0, 0.05) is 23.3 Å². The highest BCUT2D eigenvalue weighted by atomic mass is 16.6. The van der Waals surface area contributed by atoms with Crippen molar-refractivity contribution in [1.82, 2.24) is 29.0 Å². The van der Waals surface area contributed by atoms with Crippen LogP contribution in [0.15, 0.2) is 60.9 Å². The summed E-state index contributed by atoms with van der Waals surface area (Å²) in [4.78, 5) is 36.5. The molecular weight excluding hydrogens is 574 g/mol. The summed E-state index contributed by atoms with van der Waals surface area (Å²) in [5.74, 6) is 0.140. The van der Waals surface area contributed by atoms with E-state index in [0.29, 0.717) is 35.7 Å². The molecule has 2 amide bonds. The highest BCUT2D eigenvalue weighted by Gasteiger charge is 2.37. The molecule has 0 spiro atoms. The molecule has 5 heterocycles. The van der Waals surface area contributed by atoms with Crippen molar-refractivity contribution in [2.45, 2.75) is 65.4 Å². The van der Waals surface area contributed by atoms with Crippen LogP contribution in [-0.2, 0) is 17.7 Å². The fourth-order valence-electron chi connectivity index (χ4n) is 5.53. The Balaban J connectivity index is 1.19. The van der Waals surface area contributed by atoms with E-state index in [-0.39, 0.29) is 19.0 Å². The van der Waals surface area contributed by atoms with E-state index in [1.807, 2.05) is 54.9 Å². The Bertz CT molecular complexity index is 1890. The first-order valence-corrected chi connectivity index (χ1v) is 15.0. The first-order valence-electron chi connectivity index (χ1n) is 15.0. The smallest absolute Gasteiger partial charge is 0.410 e. The van der Waals surface area contributed by atoms with Crippen molar-refractivity contribution in [3.63, 3.8) is 0 Å². The number of carbonyl (C=O) groups excluding carboxylic acids is 2. The van der Waals surface area contributed by atoms with E-state index in [1.54, 1.807) is 43.5 Å². The van der Waals surface area contributed by atoms with E-state index < -0.39 is 23.9 Å². The second-order valence-electron chi connectivity index (χ2n) is 12.2. The number of hydrogen-bond donors (Lipinski definition) is 2. The van der Waals surface area contributed by atoms with Gasteiger partial charge in [0.25, 0.3) is 5.91 Å². The Hall–Kier alpha value is -4.97. The molecule has 1 aliphatic heterocycles. The molecule has 5 aromatic rings. The van der Waals surface area contributed by atoms with E-state index in [0.717, 1.165) is 28.0 Å². The van der Waals surface area contributed by atoms with Gasteiger partial charge < -0.3 is 24.8 Å². The van der Waals surface area contributed by atoms with Crippen LogP contribution in [0.5, 0.6) is 5.75 Å². The summed E-state index contributed by atoms with van der Waals surface area (Å²) in [6.45, 7) is 10.2. The van der Waals surface area contributed by atoms with Gasteiger partial charge in [0.2, 0.25) is 0 Å². The average molecular weight is 612 g/mol. The van der Waals surface area contributed by atoms with Crippen molar-refractivity contribution in [1.29, 1.82) is 0 Å². The van der Waals surface area contributed by atoms with Crippen LogP contribution < -0.4 is 10.1 Å². The fraction of sp³-hybridized carbons (Fsp3) is 0.364. The summed E-state index contributed by atoms with van der Waals surface area (Å²) >= 11 is 0. The van der Waals surface area contributed by atoms with Crippen molar-refractivity contribution in [2.75, 3.05) is 18.4 Å². The van der Waals surface area contributed by atoms with Gasteiger partial charge >= 0.3 is 6.09 Å². The van der Waals surface area contributed by atoms with E-state index in [2.05, 4.69) is 15.3 Å². The number of amides is 2. The summed E-state index contributed by atoms with van der Waals surface area (Å²) in [7, 11) is 0. The van der Waals surface area contributed by atoms with Crippen LogP contribution in [0.3, 0.4) is 0 Å². The Morgan fingerprint density at radius 3 is 2.67 bits per heavy atom. The van der Waals surface area contributed by atoms with E-state index in [9.17, 15) is 14.7 Å². The van der Waals surface area contributed by atoms with Gasteiger partial charge in [-0.1, -0.05) is 19.1 Å². The summed E-state index contributed by atoms with van der Waals surface area (Å²) in [5.41, 5.74) is 4.52. The van der Waals surface area contributed by atoms with Crippen molar-refractivity contribution < 1.29 is 24.2 Å². The third-order valence-corrected chi connectivity index (χ3v) is 7.58. The molecule has 0 saturated carbocycles. The number of nitrogens with zero attached hydrogens (tertiary/aromatic N) is 6. The van der Waals surface area contributed by atoms with Crippen molar-refractivity contribution in [3.05, 3.63) is 83.7 Å². The number of β-amino-alcohol motifs (C(OH)–C–C–N with tert-alkyl or cyclic N) is 1. The van der Waals surface area contributed by atoms with Gasteiger partial charge in [-0.3, -0.25) is 18.9 Å². The maximum Gasteiger partial charge on any atom is 0.410 e. The Morgan fingerprint density at radius 2 is 1.91 bits per heavy atom. The predicted molar refractivity (Wildman–Crippen MR) is 169 cm³/mol. The number of likely N-dealkylation sites (tertiary alicyclic amines) is 1. The van der Waals surface area contributed by atoms with Crippen LogP contribution in [0, 0.1) is 6.92 Å². The number of aryl methyl sites for hydroxylation is 2. The predicted octanol–water partition coefficient (Wildman–Crippen LogP) is 4.61. The molecule has 12 heteroatoms. The lowest BCUT2D eigenvalue weighted by atomic mass is 10.1. The molecule has 4 aromatic heterocycles. The topological polar surface area (TPSA) is 136 Å². The lowest BCUT2D eigenvalue weighted by Gasteiger charge is -2.24. The molecule has 1 saturated heterocycles. The molecule has 12 nitrogen and oxygen atoms in total. The molecule has 0 bridgehead atoms. The highest BCUT2D eigenvalue weighted by molar-refractivity contribution is 6.08. The Morgan fingerprint density at radius 1 is 1.11 bits per heavy atom. The maximum atomic E-state index is 13.6. The van der Waals surface area contributed by atoms with Crippen molar-refractivity contribution >= 4 is 34.2 Å². The number of nitrogens with one attached hydrogen (secondary N) is 1. The maximum absolute atomic E-state index is 13.6. The average Bonchev–Trinajstić information content (AvgIpc) is 3.68. The molecule has 45 heavy (non-hydrogen) atoms. The minimum atomic E-state index is -0.872. The lowest BCUT2D eigenvalue weighted by Crippen LogP contribution is -2.36. The van der Waals surface area contributed by atoms with Crippen LogP contribution in [0.2, 0.25) is 0 Å². The number of imidazole rings is 1. The van der Waals surface area contributed by atoms with E-state index in [4.69, 9.17) is 14.6 Å². The van der Waals surface area contributed by atoms with Gasteiger partial charge in [0.1, 0.15) is 34.9 Å². The van der Waals surface area contributed by atoms with Crippen LogP contribution in [0.25, 0.3) is 16.6 Å². The summed E-state index contributed by atoms with van der Waals surface area (Å²) in [5, 5.41) is 19.3.